The van der Waals surface area contributed by atoms with Crippen LogP contribution in [0, 0.1) is 6.92 Å². The lowest BCUT2D eigenvalue weighted by Crippen LogP contribution is -2.54. The van der Waals surface area contributed by atoms with Gasteiger partial charge in [0, 0.05) is 35.1 Å². The number of anilines is 1. The van der Waals surface area contributed by atoms with E-state index in [4.69, 9.17) is 32.7 Å². The Morgan fingerprint density at radius 1 is 0.854 bits per heavy atom. The van der Waals surface area contributed by atoms with Crippen molar-refractivity contribution in [3.05, 3.63) is 118 Å². The lowest BCUT2D eigenvalue weighted by molar-refractivity contribution is -0.140. The highest BCUT2D eigenvalue weighted by atomic mass is 35.5. The molecule has 0 aromatic heterocycles. The van der Waals surface area contributed by atoms with E-state index in [2.05, 4.69) is 5.32 Å². The fraction of sp³-hybridized carbons (Fsp3) is 0.278. The molecule has 9 nitrogen and oxygen atoms in total. The number of benzene rings is 4. The number of ether oxygens (including phenoxy) is 2. The Balaban J connectivity index is 1.84. The molecule has 0 saturated heterocycles. The number of halogens is 2. The highest BCUT2D eigenvalue weighted by Crippen LogP contribution is 2.33. The minimum Gasteiger partial charge on any atom is -0.493 e. The van der Waals surface area contributed by atoms with Crippen LogP contribution < -0.4 is 19.1 Å². The zero-order chi connectivity index (χ0) is 35.0. The monoisotopic (exact) mass is 711 g/mol. The van der Waals surface area contributed by atoms with Crippen LogP contribution in [0.4, 0.5) is 5.69 Å². The Bertz CT molecular complexity index is 1840. The summed E-state index contributed by atoms with van der Waals surface area (Å²) in [5.74, 6) is -0.455. The van der Waals surface area contributed by atoms with Crippen molar-refractivity contribution in [3.8, 4) is 11.5 Å². The summed E-state index contributed by atoms with van der Waals surface area (Å²) in [6, 6.07) is 24.0. The smallest absolute Gasteiger partial charge is 0.264 e. The van der Waals surface area contributed by atoms with E-state index in [1.54, 1.807) is 42.5 Å². The summed E-state index contributed by atoms with van der Waals surface area (Å²) in [5.41, 5.74) is 2.52. The average molecular weight is 713 g/mol. The third kappa shape index (κ3) is 9.00. The van der Waals surface area contributed by atoms with E-state index in [0.717, 1.165) is 15.4 Å². The first-order valence-corrected chi connectivity index (χ1v) is 17.4. The maximum atomic E-state index is 14.6. The SMILES string of the molecule is COc1ccc(S(=O)(=O)N(CC(=O)N(Cc2ccc(Cl)cc2Cl)C(Cc2ccccc2)C(=O)NC(C)C)c2ccc(C)cc2)cc1OC. The second-order valence-corrected chi connectivity index (χ2v) is 14.2. The van der Waals surface area contributed by atoms with Gasteiger partial charge in [0.15, 0.2) is 11.5 Å². The molecule has 4 rings (SSSR count). The molecule has 0 fully saturated rings. The molecule has 0 bridgehead atoms. The quantitative estimate of drug-likeness (QED) is 0.157. The molecule has 0 heterocycles. The van der Waals surface area contributed by atoms with Crippen LogP contribution in [0.25, 0.3) is 0 Å². The molecule has 4 aromatic rings. The maximum Gasteiger partial charge on any atom is 0.264 e. The summed E-state index contributed by atoms with van der Waals surface area (Å²) in [5, 5.41) is 3.65. The van der Waals surface area contributed by atoms with E-state index >= 15 is 0 Å². The van der Waals surface area contributed by atoms with Crippen LogP contribution in [0.15, 0.2) is 95.9 Å². The van der Waals surface area contributed by atoms with Crippen LogP contribution in [0.3, 0.4) is 0 Å². The zero-order valence-electron chi connectivity index (χ0n) is 27.4. The highest BCUT2D eigenvalue weighted by molar-refractivity contribution is 7.92. The predicted octanol–water partition coefficient (Wildman–Crippen LogP) is 6.68. The highest BCUT2D eigenvalue weighted by Gasteiger charge is 2.35. The van der Waals surface area contributed by atoms with Crippen molar-refractivity contribution in [3.63, 3.8) is 0 Å². The standard InChI is InChI=1S/C36H39Cl2N3O6S/c1-24(2)39-36(43)32(19-26-9-7-6-8-10-26)40(22-27-13-14-28(37)20-31(27)38)35(42)23-41(29-15-11-25(3)12-16-29)48(44,45)30-17-18-33(46-4)34(21-30)47-5/h6-18,20-21,24,32H,19,22-23H2,1-5H3,(H,39,43). The van der Waals surface area contributed by atoms with Gasteiger partial charge in [0.2, 0.25) is 11.8 Å². The van der Waals surface area contributed by atoms with Crippen LogP contribution in [0.2, 0.25) is 10.0 Å². The molecule has 0 spiro atoms. The summed E-state index contributed by atoms with van der Waals surface area (Å²) in [6.45, 7) is 4.82. The number of nitrogens with zero attached hydrogens (tertiary/aromatic N) is 2. The molecular weight excluding hydrogens is 673 g/mol. The molecule has 4 aromatic carbocycles. The van der Waals surface area contributed by atoms with Gasteiger partial charge in [0.25, 0.3) is 10.0 Å². The lowest BCUT2D eigenvalue weighted by Gasteiger charge is -2.34. The summed E-state index contributed by atoms with van der Waals surface area (Å²) < 4.78 is 40.5. The van der Waals surface area contributed by atoms with Gasteiger partial charge >= 0.3 is 0 Å². The molecule has 48 heavy (non-hydrogen) atoms. The number of carbonyl (C=O) groups excluding carboxylic acids is 2. The van der Waals surface area contributed by atoms with Crippen molar-refractivity contribution in [1.29, 1.82) is 0 Å². The van der Waals surface area contributed by atoms with Crippen LogP contribution in [-0.4, -0.2) is 58.0 Å². The topological polar surface area (TPSA) is 105 Å². The van der Waals surface area contributed by atoms with Gasteiger partial charge in [0.05, 0.1) is 24.8 Å². The molecule has 12 heteroatoms. The molecule has 1 unspecified atom stereocenters. The Hall–Kier alpha value is -4.25. The molecule has 254 valence electrons. The van der Waals surface area contributed by atoms with Crippen LogP contribution in [0.5, 0.6) is 11.5 Å². The predicted molar refractivity (Wildman–Crippen MR) is 189 cm³/mol. The first kappa shape index (κ1) is 36.6. The van der Waals surface area contributed by atoms with Crippen molar-refractivity contribution in [2.45, 2.75) is 50.7 Å². The number of sulfonamides is 1. The van der Waals surface area contributed by atoms with E-state index in [1.165, 1.54) is 37.3 Å². The molecule has 1 atom stereocenters. The Labute approximate surface area is 292 Å². The molecule has 2 amide bonds. The Morgan fingerprint density at radius 3 is 2.12 bits per heavy atom. The fourth-order valence-electron chi connectivity index (χ4n) is 5.11. The number of aryl methyl sites for hydroxylation is 1. The van der Waals surface area contributed by atoms with Gasteiger partial charge in [-0.25, -0.2) is 8.42 Å². The van der Waals surface area contributed by atoms with E-state index < -0.39 is 34.4 Å². The summed E-state index contributed by atoms with van der Waals surface area (Å²) in [4.78, 5) is 29.8. The van der Waals surface area contributed by atoms with Crippen LogP contribution in [-0.2, 0) is 32.6 Å². The molecule has 0 aliphatic carbocycles. The molecule has 0 aliphatic rings. The minimum atomic E-state index is -4.36. The Kier molecular flexibility index (Phi) is 12.4. The van der Waals surface area contributed by atoms with E-state index in [9.17, 15) is 18.0 Å². The third-order valence-electron chi connectivity index (χ3n) is 7.60. The second kappa shape index (κ2) is 16.2. The summed E-state index contributed by atoms with van der Waals surface area (Å²) in [6.07, 6.45) is 0.170. The van der Waals surface area contributed by atoms with E-state index in [1.807, 2.05) is 51.1 Å². The molecule has 1 N–H and O–H groups in total. The van der Waals surface area contributed by atoms with Gasteiger partial charge in [-0.1, -0.05) is 77.3 Å². The van der Waals surface area contributed by atoms with Crippen LogP contribution >= 0.6 is 23.2 Å². The number of rotatable bonds is 14. The largest absolute Gasteiger partial charge is 0.493 e. The van der Waals surface area contributed by atoms with Crippen molar-refractivity contribution >= 4 is 50.7 Å². The number of hydrogen-bond acceptors (Lipinski definition) is 6. The lowest BCUT2D eigenvalue weighted by atomic mass is 10.0. The van der Waals surface area contributed by atoms with Crippen molar-refractivity contribution in [1.82, 2.24) is 10.2 Å². The van der Waals surface area contributed by atoms with Gasteiger partial charge < -0.3 is 19.7 Å². The second-order valence-electron chi connectivity index (χ2n) is 11.5. The van der Waals surface area contributed by atoms with Gasteiger partial charge in [-0.2, -0.15) is 0 Å². The molecular formula is C36H39Cl2N3O6S. The van der Waals surface area contributed by atoms with Crippen molar-refractivity contribution in [2.75, 3.05) is 25.1 Å². The normalized spacial score (nSPS) is 11.9. The number of methoxy groups -OCH3 is 2. The summed E-state index contributed by atoms with van der Waals surface area (Å²) in [7, 11) is -1.50. The molecule has 0 aliphatic heterocycles. The average Bonchev–Trinajstić information content (AvgIpc) is 3.06. The fourth-order valence-corrected chi connectivity index (χ4v) is 7.01. The number of amides is 2. The first-order valence-electron chi connectivity index (χ1n) is 15.2. The zero-order valence-corrected chi connectivity index (χ0v) is 29.8. The van der Waals surface area contributed by atoms with Gasteiger partial charge in [-0.05, 0) is 68.3 Å². The molecule has 0 radical (unpaired) electrons. The van der Waals surface area contributed by atoms with Crippen molar-refractivity contribution < 1.29 is 27.5 Å². The minimum absolute atomic E-state index is 0.0873. The maximum absolute atomic E-state index is 14.6. The number of hydrogen-bond donors (Lipinski definition) is 1. The third-order valence-corrected chi connectivity index (χ3v) is 9.96. The number of nitrogens with one attached hydrogen (secondary N) is 1. The first-order chi connectivity index (χ1) is 22.8. The van der Waals surface area contributed by atoms with Gasteiger partial charge in [0.1, 0.15) is 12.6 Å². The van der Waals surface area contributed by atoms with E-state index in [0.29, 0.717) is 21.4 Å². The summed E-state index contributed by atoms with van der Waals surface area (Å²) >= 11 is 12.7. The van der Waals surface area contributed by atoms with Crippen molar-refractivity contribution in [2.24, 2.45) is 0 Å². The van der Waals surface area contributed by atoms with E-state index in [-0.39, 0.29) is 35.3 Å². The Morgan fingerprint density at radius 2 is 1.52 bits per heavy atom. The number of carbonyl (C=O) groups is 2. The molecule has 0 saturated carbocycles. The van der Waals surface area contributed by atoms with Gasteiger partial charge in [-0.15, -0.1) is 0 Å². The van der Waals surface area contributed by atoms with Crippen LogP contribution in [0.1, 0.15) is 30.5 Å². The van der Waals surface area contributed by atoms with Gasteiger partial charge in [-0.3, -0.25) is 13.9 Å².